The summed E-state index contributed by atoms with van der Waals surface area (Å²) in [5.74, 6) is 0. The first kappa shape index (κ1) is 23.9. The molecule has 1 aliphatic carbocycles. The van der Waals surface area contributed by atoms with Gasteiger partial charge in [0.25, 0.3) is 5.54 Å². The first-order valence-electron chi connectivity index (χ1n) is 13.0. The van der Waals surface area contributed by atoms with Crippen molar-refractivity contribution >= 4 is 31.5 Å². The van der Waals surface area contributed by atoms with Crippen molar-refractivity contribution in [1.29, 1.82) is 0 Å². The lowest BCUT2D eigenvalue weighted by Gasteiger charge is -2.23. The SMILES string of the molecule is [C-]#[N+]C(C)(C)c1ccc2c(sc3c(-c4cc5c(c(C)c4C)-c4ccccc4C5(C)C)[n+](C)ccc32)c1C. The van der Waals surface area contributed by atoms with Gasteiger partial charge in [-0.3, -0.25) is 0 Å². The highest BCUT2D eigenvalue weighted by molar-refractivity contribution is 7.26. The Balaban J connectivity index is 1.68. The molecule has 0 saturated heterocycles. The molecule has 0 N–H and O–H groups in total. The predicted molar refractivity (Wildman–Crippen MR) is 157 cm³/mol. The fraction of sp³-hybridized carbons (Fsp3) is 0.294. The Morgan fingerprint density at radius 3 is 2.27 bits per heavy atom. The number of hydrogen-bond acceptors (Lipinski definition) is 1. The zero-order valence-electron chi connectivity index (χ0n) is 23.0. The van der Waals surface area contributed by atoms with Crippen molar-refractivity contribution in [3.63, 3.8) is 0 Å². The van der Waals surface area contributed by atoms with Gasteiger partial charge in [0.05, 0.1) is 5.56 Å². The minimum absolute atomic E-state index is 0.0391. The van der Waals surface area contributed by atoms with Gasteiger partial charge in [0.2, 0.25) is 5.69 Å². The second-order valence-corrected chi connectivity index (χ2v) is 12.7. The van der Waals surface area contributed by atoms with Crippen LogP contribution >= 0.6 is 11.3 Å². The zero-order chi connectivity index (χ0) is 26.4. The number of benzene rings is 3. The van der Waals surface area contributed by atoms with Crippen LogP contribution in [0.4, 0.5) is 0 Å². The number of rotatable bonds is 2. The van der Waals surface area contributed by atoms with Crippen molar-refractivity contribution in [3.8, 4) is 22.4 Å². The third-order valence-electron chi connectivity index (χ3n) is 8.81. The van der Waals surface area contributed by atoms with Crippen LogP contribution in [0, 0.1) is 27.3 Å². The summed E-state index contributed by atoms with van der Waals surface area (Å²) in [6, 6.07) is 18.0. The van der Waals surface area contributed by atoms with Crippen LogP contribution in [-0.2, 0) is 18.0 Å². The monoisotopic (exact) mass is 501 g/mol. The Kier molecular flexibility index (Phi) is 5.01. The summed E-state index contributed by atoms with van der Waals surface area (Å²) >= 11 is 1.88. The molecular formula is C34H33N2S+. The van der Waals surface area contributed by atoms with Crippen LogP contribution in [0.15, 0.2) is 54.7 Å². The van der Waals surface area contributed by atoms with Gasteiger partial charge >= 0.3 is 0 Å². The Morgan fingerprint density at radius 1 is 0.838 bits per heavy atom. The standard InChI is InChI=1S/C34H33N2S/c1-19-20(2)29-24-12-10-11-13-27(24)33(4,5)28(29)18-25(19)30-32-23(16-17-36(30)9)22-14-15-26(34(6,7)35-8)21(3)31(22)37-32/h10-18H,1-7,9H3/q+1. The van der Waals surface area contributed by atoms with E-state index in [9.17, 15) is 0 Å². The largest absolute Gasteiger partial charge is 0.306 e. The molecule has 2 heterocycles. The summed E-state index contributed by atoms with van der Waals surface area (Å²) in [5, 5.41) is 2.58. The van der Waals surface area contributed by atoms with Crippen molar-refractivity contribution < 1.29 is 4.57 Å². The van der Waals surface area contributed by atoms with Crippen molar-refractivity contribution in [2.24, 2.45) is 7.05 Å². The summed E-state index contributed by atoms with van der Waals surface area (Å²) in [7, 11) is 2.17. The maximum Gasteiger partial charge on any atom is 0.252 e. The second-order valence-electron chi connectivity index (χ2n) is 11.7. The normalized spacial score (nSPS) is 14.1. The average molecular weight is 502 g/mol. The van der Waals surface area contributed by atoms with E-state index < -0.39 is 5.54 Å². The Bertz CT molecular complexity index is 1830. The summed E-state index contributed by atoms with van der Waals surface area (Å²) < 4.78 is 4.90. The molecule has 0 unspecified atom stereocenters. The minimum atomic E-state index is -0.532. The first-order valence-corrected chi connectivity index (χ1v) is 13.8. The van der Waals surface area contributed by atoms with Gasteiger partial charge in [0.15, 0.2) is 6.20 Å². The lowest BCUT2D eigenvalue weighted by atomic mass is 9.80. The number of aromatic nitrogens is 1. The molecule has 1 aliphatic rings. The highest BCUT2D eigenvalue weighted by atomic mass is 32.1. The quantitative estimate of drug-likeness (QED) is 0.169. The lowest BCUT2D eigenvalue weighted by Crippen LogP contribution is -2.30. The van der Waals surface area contributed by atoms with Gasteiger partial charge < -0.3 is 4.85 Å². The Hall–Kier alpha value is -3.48. The number of aryl methyl sites for hydroxylation is 2. The first-order chi connectivity index (χ1) is 17.5. The van der Waals surface area contributed by atoms with Crippen LogP contribution in [0.5, 0.6) is 0 Å². The van der Waals surface area contributed by atoms with Crippen LogP contribution in [0.3, 0.4) is 0 Å². The molecule has 0 radical (unpaired) electrons. The number of fused-ring (bicyclic) bond motifs is 6. The van der Waals surface area contributed by atoms with Gasteiger partial charge in [-0.2, -0.15) is 4.57 Å². The van der Waals surface area contributed by atoms with E-state index in [0.29, 0.717) is 0 Å². The zero-order valence-corrected chi connectivity index (χ0v) is 23.8. The van der Waals surface area contributed by atoms with Gasteiger partial charge in [-0.15, -0.1) is 11.3 Å². The van der Waals surface area contributed by atoms with Gasteiger partial charge in [-0.25, -0.2) is 6.57 Å². The predicted octanol–water partition coefficient (Wildman–Crippen LogP) is 8.93. The fourth-order valence-electron chi connectivity index (χ4n) is 6.51. The number of pyridine rings is 1. The smallest absolute Gasteiger partial charge is 0.252 e. The van der Waals surface area contributed by atoms with Gasteiger partial charge in [-0.05, 0) is 65.8 Å². The average Bonchev–Trinajstić information content (AvgIpc) is 3.35. The van der Waals surface area contributed by atoms with Crippen molar-refractivity contribution in [2.45, 2.75) is 59.4 Å². The molecule has 3 aromatic carbocycles. The molecule has 2 nitrogen and oxygen atoms in total. The summed E-state index contributed by atoms with van der Waals surface area (Å²) in [4.78, 5) is 3.93. The molecule has 0 aliphatic heterocycles. The molecule has 6 rings (SSSR count). The number of nitrogens with zero attached hydrogens (tertiary/aromatic N) is 2. The van der Waals surface area contributed by atoms with E-state index in [1.807, 2.05) is 25.2 Å². The van der Waals surface area contributed by atoms with E-state index in [-0.39, 0.29) is 5.41 Å². The van der Waals surface area contributed by atoms with E-state index in [2.05, 4.69) is 106 Å². The summed E-state index contributed by atoms with van der Waals surface area (Å²) in [6.45, 7) is 23.3. The molecule has 5 aromatic rings. The molecule has 0 bridgehead atoms. The van der Waals surface area contributed by atoms with E-state index in [0.717, 1.165) is 5.56 Å². The maximum atomic E-state index is 7.74. The van der Waals surface area contributed by atoms with Crippen LogP contribution in [0.1, 0.15) is 61.1 Å². The van der Waals surface area contributed by atoms with Crippen LogP contribution in [0.25, 0.3) is 47.4 Å². The van der Waals surface area contributed by atoms with Gasteiger partial charge in [0, 0.05) is 46.4 Å². The minimum Gasteiger partial charge on any atom is -0.306 e. The van der Waals surface area contributed by atoms with E-state index in [1.54, 1.807) is 0 Å². The van der Waals surface area contributed by atoms with Crippen molar-refractivity contribution in [2.75, 3.05) is 0 Å². The second kappa shape index (κ2) is 7.76. The lowest BCUT2D eigenvalue weighted by molar-refractivity contribution is -0.659. The van der Waals surface area contributed by atoms with E-state index >= 15 is 0 Å². The molecule has 0 atom stereocenters. The highest BCUT2D eigenvalue weighted by Crippen LogP contribution is 2.52. The van der Waals surface area contributed by atoms with Gasteiger partial charge in [-0.1, -0.05) is 50.2 Å². The third kappa shape index (κ3) is 3.12. The van der Waals surface area contributed by atoms with Crippen LogP contribution < -0.4 is 4.57 Å². The highest BCUT2D eigenvalue weighted by Gasteiger charge is 2.38. The Morgan fingerprint density at radius 2 is 1.54 bits per heavy atom. The topological polar surface area (TPSA) is 8.24 Å². The molecule has 2 aromatic heterocycles. The van der Waals surface area contributed by atoms with Crippen LogP contribution in [0.2, 0.25) is 0 Å². The summed E-state index contributed by atoms with van der Waals surface area (Å²) in [6.07, 6.45) is 2.21. The van der Waals surface area contributed by atoms with Crippen molar-refractivity contribution in [3.05, 3.63) is 99.5 Å². The molecule has 0 saturated carbocycles. The maximum absolute atomic E-state index is 7.74. The molecule has 37 heavy (non-hydrogen) atoms. The molecular weight excluding hydrogens is 468 g/mol. The van der Waals surface area contributed by atoms with Crippen LogP contribution in [-0.4, -0.2) is 0 Å². The van der Waals surface area contributed by atoms with E-state index in [4.69, 9.17) is 6.57 Å². The van der Waals surface area contributed by atoms with Gasteiger partial charge in [0.1, 0.15) is 11.7 Å². The molecule has 0 amide bonds. The molecule has 0 fully saturated rings. The number of thiophene rings is 1. The number of hydrogen-bond donors (Lipinski definition) is 0. The third-order valence-corrected chi connectivity index (χ3v) is 10.2. The van der Waals surface area contributed by atoms with E-state index in [1.165, 1.54) is 70.4 Å². The fourth-order valence-corrected chi connectivity index (χ4v) is 7.90. The van der Waals surface area contributed by atoms with Crippen molar-refractivity contribution in [1.82, 2.24) is 0 Å². The Labute approximate surface area is 224 Å². The summed E-state index contributed by atoms with van der Waals surface area (Å²) in [5.41, 5.74) is 12.7. The molecule has 0 spiro atoms. The molecule has 184 valence electrons. The molecule has 3 heteroatoms.